The molecule has 188 valence electrons. The number of nitriles is 1. The van der Waals surface area contributed by atoms with Gasteiger partial charge in [-0.05, 0) is 44.4 Å². The highest BCUT2D eigenvalue weighted by molar-refractivity contribution is 14.1. The van der Waals surface area contributed by atoms with Gasteiger partial charge >= 0.3 is 8.60 Å². The third kappa shape index (κ3) is 18.9. The van der Waals surface area contributed by atoms with E-state index in [0.29, 0.717) is 33.0 Å². The lowest BCUT2D eigenvalue weighted by molar-refractivity contribution is 0.0541. The van der Waals surface area contributed by atoms with Crippen LogP contribution in [0.4, 0.5) is 0 Å². The monoisotopic (exact) mass is 801 g/mol. The van der Waals surface area contributed by atoms with E-state index in [1.807, 2.05) is 19.9 Å². The topological polar surface area (TPSA) is 80.9 Å². The number of hydrogen-bond acceptors (Lipinski definition) is 6. The fraction of sp³-hybridized carbons (Fsp3) is 0.952. The molecule has 2 aliphatic rings. The van der Waals surface area contributed by atoms with Crippen LogP contribution in [0.3, 0.4) is 0 Å². The second-order valence-corrected chi connectivity index (χ2v) is 11.0. The number of halogens is 3. The molecule has 31 heavy (non-hydrogen) atoms. The molecule has 0 aliphatic carbocycles. The Labute approximate surface area is 233 Å². The van der Waals surface area contributed by atoms with Crippen LogP contribution in [-0.2, 0) is 18.5 Å². The Kier molecular flexibility index (Phi) is 30.2. The van der Waals surface area contributed by atoms with Crippen LogP contribution in [0.5, 0.6) is 0 Å². The van der Waals surface area contributed by atoms with Crippen LogP contribution in [0, 0.1) is 17.2 Å². The van der Waals surface area contributed by atoms with Gasteiger partial charge in [0.25, 0.3) is 0 Å². The summed E-state index contributed by atoms with van der Waals surface area (Å²) in [5, 5.41) is 8.34. The molecule has 0 aromatic carbocycles. The maximum absolute atomic E-state index is 9.45. The normalized spacial score (nSPS) is 26.0. The van der Waals surface area contributed by atoms with Crippen molar-refractivity contribution in [3.8, 4) is 6.07 Å². The molecule has 10 heteroatoms. The number of nitrogens with zero attached hydrogens (tertiary/aromatic N) is 1. The van der Waals surface area contributed by atoms with Gasteiger partial charge in [0.2, 0.25) is 0 Å². The van der Waals surface area contributed by atoms with Crippen molar-refractivity contribution in [1.82, 2.24) is 0 Å². The molecule has 6 nitrogen and oxygen atoms in total. The Bertz CT molecular complexity index is 434. The molecule has 6 atom stereocenters. The quantitative estimate of drug-likeness (QED) is 0.104. The maximum atomic E-state index is 9.45. The molecule has 2 fully saturated rings. The predicted molar refractivity (Wildman–Crippen MR) is 157 cm³/mol. The number of hydrogen-bond donors (Lipinski definition) is 1. The lowest BCUT2D eigenvalue weighted by atomic mass is 9.99. The van der Waals surface area contributed by atoms with Crippen molar-refractivity contribution in [3.05, 3.63) is 0 Å². The van der Waals surface area contributed by atoms with Gasteiger partial charge in [-0.3, -0.25) is 0 Å². The van der Waals surface area contributed by atoms with E-state index in [9.17, 15) is 4.89 Å². The van der Waals surface area contributed by atoms with E-state index in [-0.39, 0.29) is 27.9 Å². The van der Waals surface area contributed by atoms with Gasteiger partial charge < -0.3 is 23.4 Å². The molecule has 0 radical (unpaired) electrons. The highest BCUT2D eigenvalue weighted by Gasteiger charge is 2.29. The molecule has 2 rings (SSSR count). The minimum Gasteiger partial charge on any atom is -0.365 e. The molecule has 1 N–H and O–H groups in total. The fourth-order valence-corrected chi connectivity index (χ4v) is 5.88. The molecule has 2 aliphatic heterocycles. The number of ether oxygens (including phenoxy) is 2. The van der Waals surface area contributed by atoms with E-state index in [1.54, 1.807) is 0 Å². The van der Waals surface area contributed by atoms with Gasteiger partial charge in [-0.15, -0.1) is 0 Å². The molecule has 0 saturated carbocycles. The molecular weight excluding hydrogens is 758 g/mol. The summed E-state index contributed by atoms with van der Waals surface area (Å²) >= 11 is 7.04. The highest BCUT2D eigenvalue weighted by atomic mass is 127. The molecule has 0 aromatic rings. The summed E-state index contributed by atoms with van der Waals surface area (Å²) in [6.07, 6.45) is 7.92. The molecule has 0 spiro atoms. The zero-order chi connectivity index (χ0) is 22.1. The third-order valence-electron chi connectivity index (χ3n) is 4.34. The lowest BCUT2D eigenvalue weighted by Crippen LogP contribution is -2.23. The van der Waals surface area contributed by atoms with Crippen LogP contribution in [-0.4, -0.2) is 43.0 Å². The first-order valence-corrected chi connectivity index (χ1v) is 15.4. The summed E-state index contributed by atoms with van der Waals surface area (Å²) in [7, 11) is -1.84. The molecule has 5 unspecified atom stereocenters. The molecular formula is C21H43I3NO5P. The van der Waals surface area contributed by atoms with E-state index in [1.165, 1.54) is 19.3 Å². The van der Waals surface area contributed by atoms with Crippen molar-refractivity contribution in [2.45, 2.75) is 101 Å². The van der Waals surface area contributed by atoms with Crippen molar-refractivity contribution in [3.63, 3.8) is 0 Å². The van der Waals surface area contributed by atoms with Crippen LogP contribution < -0.4 is 0 Å². The Morgan fingerprint density at radius 2 is 1.65 bits per heavy atom. The van der Waals surface area contributed by atoms with Gasteiger partial charge in [0.1, 0.15) is 8.22 Å². The lowest BCUT2D eigenvalue weighted by Gasteiger charge is -2.21. The summed E-state index contributed by atoms with van der Waals surface area (Å²) in [5.74, 6) is 0.461. The minimum atomic E-state index is -1.84. The molecule has 0 aromatic heterocycles. The average Bonchev–Trinajstić information content (AvgIpc) is 3.35. The maximum Gasteiger partial charge on any atom is 0.329 e. The number of alkyl halides is 3. The van der Waals surface area contributed by atoms with Gasteiger partial charge in [0, 0.05) is 4.43 Å². The second kappa shape index (κ2) is 25.0. The zero-order valence-corrected chi connectivity index (χ0v) is 24.9. The molecule has 0 amide bonds. The predicted octanol–water partition coefficient (Wildman–Crippen LogP) is 8.17. The zero-order valence-electron chi connectivity index (χ0n) is 17.6. The molecule has 2 heterocycles. The Morgan fingerprint density at radius 3 is 2.06 bits per heavy atom. The van der Waals surface area contributed by atoms with E-state index < -0.39 is 8.60 Å². The van der Waals surface area contributed by atoms with Crippen LogP contribution in [0.2, 0.25) is 0 Å². The van der Waals surface area contributed by atoms with E-state index in [0.717, 1.165) is 23.7 Å². The smallest absolute Gasteiger partial charge is 0.329 e. The summed E-state index contributed by atoms with van der Waals surface area (Å²) in [4.78, 5) is 9.45. The van der Waals surface area contributed by atoms with Crippen molar-refractivity contribution < 1.29 is 23.4 Å². The van der Waals surface area contributed by atoms with E-state index in [4.69, 9.17) is 23.8 Å². The SMILES string of the molecule is C.C.CC.CCC1CCC(I)O1.N#CCCOP(O)OCC[C@H](CI)C1CCC(I)O1. The summed E-state index contributed by atoms with van der Waals surface area (Å²) < 4.78 is 23.4. The summed E-state index contributed by atoms with van der Waals surface area (Å²) in [6, 6.07) is 1.95. The van der Waals surface area contributed by atoms with Crippen molar-refractivity contribution in [2.24, 2.45) is 5.92 Å². The third-order valence-corrected chi connectivity index (χ3v) is 8.11. The largest absolute Gasteiger partial charge is 0.365 e. The standard InChI is InChI=1S/C11H18I2NO4P.C6H11IO.C2H6.2CH4/c12-8-9(10-2-3-11(13)18-10)4-7-17-19(15)16-6-1-5-14;1-2-5-3-4-6(7)8-5;1-2;;/h9-11,15H,1-4,6-8H2;5-6H,2-4H2,1H3;1-2H3;2*1H4/t9-,10?,11?,19?;;;;/m1..../s1. The first kappa shape index (κ1) is 37.5. The Hall–Kier alpha value is 1.91. The molecule has 2 saturated heterocycles. The fourth-order valence-electron chi connectivity index (χ4n) is 2.78. The van der Waals surface area contributed by atoms with Crippen LogP contribution >= 0.6 is 76.4 Å². The van der Waals surface area contributed by atoms with Crippen molar-refractivity contribution in [1.29, 1.82) is 5.26 Å². The molecule has 0 bridgehead atoms. The van der Waals surface area contributed by atoms with Gasteiger partial charge in [-0.1, -0.05) is 103 Å². The van der Waals surface area contributed by atoms with Gasteiger partial charge in [0.15, 0.2) is 0 Å². The van der Waals surface area contributed by atoms with E-state index >= 15 is 0 Å². The Balaban J connectivity index is -0.000000550. The first-order chi connectivity index (χ1) is 14.0. The van der Waals surface area contributed by atoms with Crippen molar-refractivity contribution >= 4 is 76.4 Å². The average molecular weight is 801 g/mol. The van der Waals surface area contributed by atoms with Gasteiger partial charge in [-0.2, -0.15) is 5.26 Å². The van der Waals surface area contributed by atoms with Gasteiger partial charge in [0.05, 0.1) is 37.9 Å². The minimum absolute atomic E-state index is 0. The Morgan fingerprint density at radius 1 is 1.06 bits per heavy atom. The summed E-state index contributed by atoms with van der Waals surface area (Å²) in [6.45, 7) is 6.87. The second-order valence-electron chi connectivity index (χ2n) is 6.33. The summed E-state index contributed by atoms with van der Waals surface area (Å²) in [5.41, 5.74) is 0. The van der Waals surface area contributed by atoms with Crippen LogP contribution in [0.25, 0.3) is 0 Å². The number of rotatable bonds is 10. The highest BCUT2D eigenvalue weighted by Crippen LogP contribution is 2.35. The van der Waals surface area contributed by atoms with Crippen molar-refractivity contribution in [2.75, 3.05) is 17.6 Å². The van der Waals surface area contributed by atoms with Crippen LogP contribution in [0.15, 0.2) is 0 Å². The van der Waals surface area contributed by atoms with E-state index in [2.05, 4.69) is 74.7 Å². The van der Waals surface area contributed by atoms with Crippen LogP contribution in [0.1, 0.15) is 80.6 Å². The first-order valence-electron chi connectivity index (χ1n) is 10.3. The van der Waals surface area contributed by atoms with Gasteiger partial charge in [-0.25, -0.2) is 0 Å².